The minimum Gasteiger partial charge on any atom is -0.370 e. The highest BCUT2D eigenvalue weighted by Crippen LogP contribution is 2.16. The van der Waals surface area contributed by atoms with Crippen LogP contribution in [0.1, 0.15) is 38.8 Å². The van der Waals surface area contributed by atoms with Crippen molar-refractivity contribution < 1.29 is 23.9 Å². The summed E-state index contributed by atoms with van der Waals surface area (Å²) in [4.78, 5) is 37.8. The number of likely N-dealkylation sites (N-methyl/N-ethyl adjacent to an activating group) is 1. The Balaban J connectivity index is 2.16. The average Bonchev–Trinajstić information content (AvgIpc) is 3.55. The molecule has 1 unspecified atom stereocenters. The molecule has 168 valence electrons. The van der Waals surface area contributed by atoms with Crippen LogP contribution in [0.25, 0.3) is 0 Å². The van der Waals surface area contributed by atoms with Gasteiger partial charge in [0, 0.05) is 13.5 Å². The van der Waals surface area contributed by atoms with E-state index in [1.54, 1.807) is 31.2 Å². The monoisotopic (exact) mass is 430 g/mol. The van der Waals surface area contributed by atoms with E-state index < -0.39 is 41.7 Å². The van der Waals surface area contributed by atoms with Gasteiger partial charge in [-0.2, -0.15) is 5.26 Å². The highest BCUT2D eigenvalue weighted by atomic mass is 16.6. The average molecular weight is 431 g/mol. The van der Waals surface area contributed by atoms with E-state index in [4.69, 9.17) is 14.7 Å². The molecule has 3 N–H and O–H groups in total. The normalized spacial score (nSPS) is 18.1. The van der Waals surface area contributed by atoms with Crippen molar-refractivity contribution in [2.75, 3.05) is 13.7 Å². The minimum absolute atomic E-state index is 0.220. The van der Waals surface area contributed by atoms with E-state index in [0.717, 1.165) is 5.56 Å². The van der Waals surface area contributed by atoms with Crippen molar-refractivity contribution in [2.45, 2.75) is 64.0 Å². The zero-order chi connectivity index (χ0) is 23.2. The van der Waals surface area contributed by atoms with Crippen LogP contribution >= 0.6 is 0 Å². The molecule has 1 aliphatic heterocycles. The van der Waals surface area contributed by atoms with Gasteiger partial charge in [0.15, 0.2) is 6.10 Å². The lowest BCUT2D eigenvalue weighted by Gasteiger charge is -2.31. The lowest BCUT2D eigenvalue weighted by atomic mass is 10.0. The molecule has 0 bridgehead atoms. The zero-order valence-corrected chi connectivity index (χ0v) is 18.5. The molecule has 0 saturated carbocycles. The van der Waals surface area contributed by atoms with Gasteiger partial charge in [0.2, 0.25) is 11.8 Å². The second kappa shape index (κ2) is 10.4. The van der Waals surface area contributed by atoms with Crippen LogP contribution < -0.4 is 16.0 Å². The van der Waals surface area contributed by atoms with Crippen LogP contribution in [0.2, 0.25) is 0 Å². The number of nitrogens with zero attached hydrogens (tertiary/aromatic N) is 1. The highest BCUT2D eigenvalue weighted by Gasteiger charge is 2.38. The first-order valence-corrected chi connectivity index (χ1v) is 10.1. The van der Waals surface area contributed by atoms with Crippen LogP contribution in [0.3, 0.4) is 0 Å². The van der Waals surface area contributed by atoms with E-state index in [2.05, 4.69) is 16.0 Å². The van der Waals surface area contributed by atoms with Crippen molar-refractivity contribution in [2.24, 2.45) is 0 Å². The first-order valence-electron chi connectivity index (χ1n) is 10.1. The second-order valence-corrected chi connectivity index (χ2v) is 8.43. The molecule has 9 heteroatoms. The Morgan fingerprint density at radius 3 is 2.29 bits per heavy atom. The number of amides is 3. The maximum atomic E-state index is 13.1. The lowest BCUT2D eigenvalue weighted by molar-refractivity contribution is -0.139. The first kappa shape index (κ1) is 24.3. The molecule has 2 rings (SSSR count). The number of ether oxygens (including phenoxy) is 2. The second-order valence-electron chi connectivity index (χ2n) is 8.43. The van der Waals surface area contributed by atoms with E-state index in [-0.39, 0.29) is 12.3 Å². The number of carbonyl (C=O) groups is 3. The first-order chi connectivity index (χ1) is 14.5. The molecular formula is C22H30N4O5. The maximum Gasteiger partial charge on any atom is 0.252 e. The number of nitrogens with one attached hydrogen (secondary N) is 3. The smallest absolute Gasteiger partial charge is 0.252 e. The quantitative estimate of drug-likeness (QED) is 0.486. The van der Waals surface area contributed by atoms with Crippen molar-refractivity contribution >= 4 is 17.7 Å². The van der Waals surface area contributed by atoms with Crippen molar-refractivity contribution in [3.63, 3.8) is 0 Å². The predicted molar refractivity (Wildman–Crippen MR) is 113 cm³/mol. The van der Waals surface area contributed by atoms with Gasteiger partial charge in [-0.25, -0.2) is 0 Å². The van der Waals surface area contributed by atoms with E-state index in [1.807, 2.05) is 26.8 Å². The summed E-state index contributed by atoms with van der Waals surface area (Å²) in [6.07, 6.45) is -0.994. The van der Waals surface area contributed by atoms with E-state index in [1.165, 1.54) is 7.05 Å². The Kier molecular flexibility index (Phi) is 8.14. The summed E-state index contributed by atoms with van der Waals surface area (Å²) in [5, 5.41) is 16.9. The Labute approximate surface area is 182 Å². The summed E-state index contributed by atoms with van der Waals surface area (Å²) in [6.45, 7) is 7.56. The largest absolute Gasteiger partial charge is 0.370 e. The molecule has 9 nitrogen and oxygen atoms in total. The Morgan fingerprint density at radius 2 is 1.81 bits per heavy atom. The standard InChI is InChI=1S/C22H30N4O5/c1-13(31-22(2,3)4)18(26-20(28)17-12-30-17)21(29)25-16(19(27)24-5)10-14-6-8-15(11-23)9-7-14/h6-9,13,16-18H,10,12H2,1-5H3,(H,24,27)(H,25,29)(H,26,28)/t13-,16-,17?,18+/m1/s1. The molecule has 31 heavy (non-hydrogen) atoms. The summed E-state index contributed by atoms with van der Waals surface area (Å²) in [7, 11) is 1.48. The van der Waals surface area contributed by atoms with Gasteiger partial charge < -0.3 is 25.4 Å². The topological polar surface area (TPSA) is 133 Å². The molecule has 1 aromatic rings. The third-order valence-corrected chi connectivity index (χ3v) is 4.62. The Hall–Kier alpha value is -2.96. The molecule has 4 atom stereocenters. The lowest BCUT2D eigenvalue weighted by Crippen LogP contribution is -2.59. The molecule has 0 aromatic heterocycles. The number of rotatable bonds is 9. The van der Waals surface area contributed by atoms with Crippen LogP contribution in [-0.2, 0) is 30.3 Å². The molecule has 1 heterocycles. The van der Waals surface area contributed by atoms with Gasteiger partial charge in [-0.1, -0.05) is 12.1 Å². The number of carbonyl (C=O) groups excluding carboxylic acids is 3. The van der Waals surface area contributed by atoms with Gasteiger partial charge in [-0.15, -0.1) is 0 Å². The molecular weight excluding hydrogens is 400 g/mol. The number of hydrogen-bond donors (Lipinski definition) is 3. The summed E-state index contributed by atoms with van der Waals surface area (Å²) >= 11 is 0. The van der Waals surface area contributed by atoms with Crippen LogP contribution in [0, 0.1) is 11.3 Å². The Bertz CT molecular complexity index is 837. The molecule has 1 aliphatic rings. The highest BCUT2D eigenvalue weighted by molar-refractivity contribution is 5.93. The van der Waals surface area contributed by atoms with Gasteiger partial charge in [-0.05, 0) is 45.4 Å². The van der Waals surface area contributed by atoms with E-state index >= 15 is 0 Å². The van der Waals surface area contributed by atoms with E-state index in [0.29, 0.717) is 12.2 Å². The summed E-state index contributed by atoms with van der Waals surface area (Å²) in [5.74, 6) is -1.31. The summed E-state index contributed by atoms with van der Waals surface area (Å²) in [6, 6.07) is 6.92. The number of nitriles is 1. The molecule has 1 saturated heterocycles. The summed E-state index contributed by atoms with van der Waals surface area (Å²) in [5.41, 5.74) is 0.739. The van der Waals surface area contributed by atoms with Crippen molar-refractivity contribution in [1.29, 1.82) is 5.26 Å². The zero-order valence-electron chi connectivity index (χ0n) is 18.5. The van der Waals surface area contributed by atoms with Gasteiger partial charge in [0.1, 0.15) is 12.1 Å². The molecule has 1 fully saturated rings. The van der Waals surface area contributed by atoms with Crippen molar-refractivity contribution in [3.05, 3.63) is 35.4 Å². The minimum atomic E-state index is -1.01. The van der Waals surface area contributed by atoms with Gasteiger partial charge in [-0.3, -0.25) is 14.4 Å². The van der Waals surface area contributed by atoms with Crippen LogP contribution in [-0.4, -0.2) is 61.3 Å². The van der Waals surface area contributed by atoms with Gasteiger partial charge in [0.25, 0.3) is 5.91 Å². The molecule has 0 radical (unpaired) electrons. The molecule has 0 aliphatic carbocycles. The molecule has 1 aromatic carbocycles. The number of benzene rings is 1. The van der Waals surface area contributed by atoms with Crippen molar-refractivity contribution in [3.8, 4) is 6.07 Å². The van der Waals surface area contributed by atoms with Crippen LogP contribution in [0.4, 0.5) is 0 Å². The van der Waals surface area contributed by atoms with Crippen LogP contribution in [0.15, 0.2) is 24.3 Å². The maximum absolute atomic E-state index is 13.1. The number of epoxide rings is 1. The van der Waals surface area contributed by atoms with Crippen LogP contribution in [0.5, 0.6) is 0 Å². The van der Waals surface area contributed by atoms with Crippen molar-refractivity contribution in [1.82, 2.24) is 16.0 Å². The third-order valence-electron chi connectivity index (χ3n) is 4.62. The number of hydrogen-bond acceptors (Lipinski definition) is 6. The fourth-order valence-corrected chi connectivity index (χ4v) is 3.06. The van der Waals surface area contributed by atoms with E-state index in [9.17, 15) is 14.4 Å². The third kappa shape index (κ3) is 7.66. The SMILES string of the molecule is CNC(=O)[C@@H](Cc1ccc(C#N)cc1)NC(=O)[C@@H](NC(=O)C1CO1)[C@@H](C)OC(C)(C)C. The summed E-state index contributed by atoms with van der Waals surface area (Å²) < 4.78 is 10.9. The van der Waals surface area contributed by atoms with Gasteiger partial charge in [0.05, 0.1) is 29.9 Å². The van der Waals surface area contributed by atoms with Gasteiger partial charge >= 0.3 is 0 Å². The molecule has 3 amide bonds. The predicted octanol–water partition coefficient (Wildman–Crippen LogP) is 0.419. The fraction of sp³-hybridized carbons (Fsp3) is 0.545. The molecule has 0 spiro atoms. The fourth-order valence-electron chi connectivity index (χ4n) is 3.06. The Morgan fingerprint density at radius 1 is 1.19 bits per heavy atom.